The topological polar surface area (TPSA) is 80.6 Å². The monoisotopic (exact) mass is 483 g/mol. The highest BCUT2D eigenvalue weighted by atomic mass is 35.5. The van der Waals surface area contributed by atoms with E-state index in [-0.39, 0.29) is 18.0 Å². The predicted molar refractivity (Wildman–Crippen MR) is 119 cm³/mol. The SMILES string of the molecule is CCOC(=O)N1CCN([C@H](c2ccc(Cl)c(Cl)c2)C2Sc3nc(CC)nn3C2=O)CC1. The maximum Gasteiger partial charge on any atom is 0.409 e. The first-order valence-electron chi connectivity index (χ1n) is 10.2. The lowest BCUT2D eigenvalue weighted by atomic mass is 10.00. The molecule has 1 aromatic heterocycles. The van der Waals surface area contributed by atoms with Crippen molar-refractivity contribution in [3.8, 4) is 0 Å². The van der Waals surface area contributed by atoms with Gasteiger partial charge in [0.1, 0.15) is 5.25 Å². The zero-order chi connectivity index (χ0) is 22.1. The van der Waals surface area contributed by atoms with Crippen LogP contribution >= 0.6 is 35.0 Å². The first-order valence-corrected chi connectivity index (χ1v) is 11.8. The summed E-state index contributed by atoms with van der Waals surface area (Å²) < 4.78 is 6.53. The summed E-state index contributed by atoms with van der Waals surface area (Å²) in [6, 6.07) is 5.20. The van der Waals surface area contributed by atoms with Crippen molar-refractivity contribution in [3.05, 3.63) is 39.6 Å². The molecule has 1 unspecified atom stereocenters. The average molecular weight is 484 g/mol. The lowest BCUT2D eigenvalue weighted by molar-refractivity contribution is 0.0600. The van der Waals surface area contributed by atoms with Gasteiger partial charge in [-0.05, 0) is 24.6 Å². The van der Waals surface area contributed by atoms with Gasteiger partial charge in [0.05, 0.1) is 22.7 Å². The highest BCUT2D eigenvalue weighted by Gasteiger charge is 2.44. The molecule has 8 nitrogen and oxygen atoms in total. The van der Waals surface area contributed by atoms with E-state index in [2.05, 4.69) is 15.0 Å². The Morgan fingerprint density at radius 1 is 1.23 bits per heavy atom. The van der Waals surface area contributed by atoms with Crippen molar-refractivity contribution < 1.29 is 14.3 Å². The van der Waals surface area contributed by atoms with E-state index in [1.54, 1.807) is 17.9 Å². The molecule has 2 aromatic rings. The van der Waals surface area contributed by atoms with Gasteiger partial charge in [-0.15, -0.1) is 5.10 Å². The molecule has 2 aliphatic heterocycles. The Morgan fingerprint density at radius 3 is 2.58 bits per heavy atom. The van der Waals surface area contributed by atoms with E-state index >= 15 is 0 Å². The van der Waals surface area contributed by atoms with E-state index < -0.39 is 5.25 Å². The van der Waals surface area contributed by atoms with Gasteiger partial charge in [0.2, 0.25) is 0 Å². The van der Waals surface area contributed by atoms with Crippen molar-refractivity contribution in [1.82, 2.24) is 24.6 Å². The fourth-order valence-corrected chi connectivity index (χ4v) is 5.44. The van der Waals surface area contributed by atoms with Gasteiger partial charge in [-0.3, -0.25) is 9.69 Å². The van der Waals surface area contributed by atoms with E-state index in [9.17, 15) is 9.59 Å². The molecule has 4 rings (SSSR count). The molecule has 31 heavy (non-hydrogen) atoms. The molecule has 0 radical (unpaired) electrons. The van der Waals surface area contributed by atoms with Gasteiger partial charge in [-0.25, -0.2) is 9.78 Å². The Bertz CT molecular complexity index is 993. The van der Waals surface area contributed by atoms with Gasteiger partial charge in [0, 0.05) is 32.6 Å². The lowest BCUT2D eigenvalue weighted by Crippen LogP contribution is -2.52. The fourth-order valence-electron chi connectivity index (χ4n) is 3.86. The van der Waals surface area contributed by atoms with Crippen LogP contribution in [0.5, 0.6) is 0 Å². The molecule has 0 spiro atoms. The van der Waals surface area contributed by atoms with Gasteiger partial charge < -0.3 is 9.64 Å². The Balaban J connectivity index is 1.60. The minimum Gasteiger partial charge on any atom is -0.450 e. The maximum atomic E-state index is 13.3. The van der Waals surface area contributed by atoms with E-state index in [0.29, 0.717) is 60.2 Å². The third-order valence-electron chi connectivity index (χ3n) is 5.43. The normalized spacial score (nSPS) is 20.1. The number of benzene rings is 1. The average Bonchev–Trinajstić information content (AvgIpc) is 3.31. The van der Waals surface area contributed by atoms with Crippen molar-refractivity contribution in [1.29, 1.82) is 0 Å². The Morgan fingerprint density at radius 2 is 1.97 bits per heavy atom. The van der Waals surface area contributed by atoms with Crippen LogP contribution in [0.25, 0.3) is 0 Å². The zero-order valence-electron chi connectivity index (χ0n) is 17.3. The van der Waals surface area contributed by atoms with Gasteiger partial charge >= 0.3 is 6.09 Å². The number of halogens is 2. The number of hydrogen-bond donors (Lipinski definition) is 0. The molecule has 3 heterocycles. The van der Waals surface area contributed by atoms with Crippen LogP contribution in [0.1, 0.15) is 36.1 Å². The molecule has 166 valence electrons. The summed E-state index contributed by atoms with van der Waals surface area (Å²) in [5.74, 6) is 0.555. The fraction of sp³-hybridized carbons (Fsp3) is 0.500. The number of amides is 1. The summed E-state index contributed by atoms with van der Waals surface area (Å²) >= 11 is 13.9. The predicted octanol–water partition coefficient (Wildman–Crippen LogP) is 3.78. The lowest BCUT2D eigenvalue weighted by Gasteiger charge is -2.40. The number of aromatic nitrogens is 3. The number of hydrogen-bond acceptors (Lipinski definition) is 7. The maximum absolute atomic E-state index is 13.3. The number of thioether (sulfide) groups is 1. The standard InChI is InChI=1S/C20H23Cl2N5O3S/c1-3-15-23-19-27(24-15)18(28)17(31-19)16(12-5-6-13(21)14(22)11-12)25-7-9-26(10-8-25)20(29)30-4-2/h5-6,11,16-17H,3-4,7-10H2,1-2H3/t16-,17?/m1/s1. The minimum absolute atomic E-state index is 0.101. The molecular weight excluding hydrogens is 461 g/mol. The quantitative estimate of drug-likeness (QED) is 0.639. The van der Waals surface area contributed by atoms with Gasteiger partial charge in [-0.1, -0.05) is 48.0 Å². The van der Waals surface area contributed by atoms with Crippen LogP contribution in [-0.4, -0.2) is 74.6 Å². The van der Waals surface area contributed by atoms with Crippen molar-refractivity contribution in [3.63, 3.8) is 0 Å². The zero-order valence-corrected chi connectivity index (χ0v) is 19.6. The summed E-state index contributed by atoms with van der Waals surface area (Å²) in [4.78, 5) is 33.7. The van der Waals surface area contributed by atoms with Crippen LogP contribution in [0.4, 0.5) is 4.79 Å². The number of nitrogens with zero attached hydrogens (tertiary/aromatic N) is 5. The Hall–Kier alpha value is -1.81. The minimum atomic E-state index is -0.424. The molecule has 1 amide bonds. The number of carbonyl (C=O) groups excluding carboxylic acids is 2. The second-order valence-corrected chi connectivity index (χ2v) is 9.22. The Labute approximate surface area is 194 Å². The third kappa shape index (κ3) is 4.41. The highest BCUT2D eigenvalue weighted by molar-refractivity contribution is 8.00. The highest BCUT2D eigenvalue weighted by Crippen LogP contribution is 2.42. The summed E-state index contributed by atoms with van der Waals surface area (Å²) in [5.41, 5.74) is 0.895. The van der Waals surface area contributed by atoms with Gasteiger partial charge in [-0.2, -0.15) is 4.68 Å². The van der Waals surface area contributed by atoms with Crippen LogP contribution in [0.3, 0.4) is 0 Å². The number of ether oxygens (including phenoxy) is 1. The van der Waals surface area contributed by atoms with Crippen molar-refractivity contribution >= 4 is 47.0 Å². The van der Waals surface area contributed by atoms with Gasteiger partial charge in [0.25, 0.3) is 5.91 Å². The molecule has 0 N–H and O–H groups in total. The summed E-state index contributed by atoms with van der Waals surface area (Å²) in [7, 11) is 0. The molecule has 1 fully saturated rings. The second-order valence-electron chi connectivity index (χ2n) is 7.29. The number of aryl methyl sites for hydroxylation is 1. The molecule has 2 aliphatic rings. The first-order chi connectivity index (χ1) is 14.9. The molecule has 2 atom stereocenters. The summed E-state index contributed by atoms with van der Waals surface area (Å²) in [6.45, 7) is 6.33. The molecule has 1 aromatic carbocycles. The van der Waals surface area contributed by atoms with Crippen LogP contribution in [0.2, 0.25) is 10.0 Å². The first kappa shape index (κ1) is 22.4. The number of rotatable bonds is 5. The molecule has 11 heteroatoms. The second kappa shape index (κ2) is 9.36. The van der Waals surface area contributed by atoms with Gasteiger partial charge in [0.15, 0.2) is 11.0 Å². The number of carbonyl (C=O) groups is 2. The van der Waals surface area contributed by atoms with Crippen molar-refractivity contribution in [2.75, 3.05) is 32.8 Å². The molecule has 1 saturated heterocycles. The van der Waals surface area contributed by atoms with Crippen LogP contribution in [0, 0.1) is 0 Å². The summed E-state index contributed by atoms with van der Waals surface area (Å²) in [5, 5.41) is 5.44. The van der Waals surface area contributed by atoms with E-state index in [0.717, 1.165) is 5.56 Å². The smallest absolute Gasteiger partial charge is 0.409 e. The van der Waals surface area contributed by atoms with Crippen LogP contribution < -0.4 is 0 Å². The van der Waals surface area contributed by atoms with Crippen LogP contribution in [0.15, 0.2) is 23.4 Å². The van der Waals surface area contributed by atoms with Crippen molar-refractivity contribution in [2.45, 2.75) is 36.7 Å². The van der Waals surface area contributed by atoms with Crippen molar-refractivity contribution in [2.24, 2.45) is 0 Å². The van der Waals surface area contributed by atoms with E-state index in [1.165, 1.54) is 16.4 Å². The molecule has 0 aliphatic carbocycles. The third-order valence-corrected chi connectivity index (χ3v) is 7.36. The Kier molecular flexibility index (Phi) is 6.76. The molecular formula is C20H23Cl2N5O3S. The van der Waals surface area contributed by atoms with E-state index in [4.69, 9.17) is 27.9 Å². The molecule has 0 bridgehead atoms. The largest absolute Gasteiger partial charge is 0.450 e. The summed E-state index contributed by atoms with van der Waals surface area (Å²) in [6.07, 6.45) is 0.362. The van der Waals surface area contributed by atoms with E-state index in [1.807, 2.05) is 19.1 Å². The number of piperazine rings is 1. The van der Waals surface area contributed by atoms with Crippen LogP contribution in [-0.2, 0) is 11.2 Å². The molecule has 0 saturated carbocycles. The number of fused-ring (bicyclic) bond motifs is 1.